The third-order valence-corrected chi connectivity index (χ3v) is 4.13. The number of urea groups is 1. The fourth-order valence-corrected chi connectivity index (χ4v) is 2.74. The maximum absolute atomic E-state index is 12.0. The van der Waals surface area contributed by atoms with E-state index in [1.807, 2.05) is 6.92 Å². The molecule has 0 aromatic carbocycles. The number of carboxylic acid groups (broad SMARTS) is 1. The molecule has 0 aliphatic heterocycles. The lowest BCUT2D eigenvalue weighted by atomic mass is 9.97. The van der Waals surface area contributed by atoms with Gasteiger partial charge in [-0.1, -0.05) is 46.0 Å². The van der Waals surface area contributed by atoms with Crippen LogP contribution in [0.25, 0.3) is 0 Å². The van der Waals surface area contributed by atoms with Crippen LogP contribution in [0.5, 0.6) is 0 Å². The molecule has 0 saturated heterocycles. The summed E-state index contributed by atoms with van der Waals surface area (Å²) >= 11 is 0. The maximum atomic E-state index is 12.0. The number of carbonyl (C=O) groups is 2. The predicted molar refractivity (Wildman–Crippen MR) is 78.7 cm³/mol. The van der Waals surface area contributed by atoms with Gasteiger partial charge in [-0.25, -0.2) is 9.59 Å². The zero-order chi connectivity index (χ0) is 15.0. The van der Waals surface area contributed by atoms with Crippen molar-refractivity contribution in [2.24, 2.45) is 5.92 Å². The molecule has 0 spiro atoms. The minimum Gasteiger partial charge on any atom is -0.480 e. The van der Waals surface area contributed by atoms with E-state index >= 15 is 0 Å². The summed E-state index contributed by atoms with van der Waals surface area (Å²) in [6.07, 6.45) is 7.90. The first kappa shape index (κ1) is 16.8. The Kier molecular flexibility index (Phi) is 7.41. The number of rotatable bonds is 6. The summed E-state index contributed by atoms with van der Waals surface area (Å²) in [5.41, 5.74) is 0. The van der Waals surface area contributed by atoms with Crippen LogP contribution in [0.2, 0.25) is 0 Å². The van der Waals surface area contributed by atoms with Crippen LogP contribution in [0.1, 0.15) is 65.2 Å². The van der Waals surface area contributed by atoms with E-state index in [-0.39, 0.29) is 12.1 Å². The van der Waals surface area contributed by atoms with Gasteiger partial charge in [0, 0.05) is 6.04 Å². The number of hydrogen-bond donors (Lipinski definition) is 3. The van der Waals surface area contributed by atoms with E-state index in [1.165, 1.54) is 12.8 Å². The van der Waals surface area contributed by atoms with Crippen LogP contribution in [-0.2, 0) is 4.79 Å². The van der Waals surface area contributed by atoms with Gasteiger partial charge in [-0.2, -0.15) is 0 Å². The van der Waals surface area contributed by atoms with E-state index in [4.69, 9.17) is 5.11 Å². The molecular formula is C15H28N2O3. The molecule has 1 aliphatic carbocycles. The quantitative estimate of drug-likeness (QED) is 0.656. The van der Waals surface area contributed by atoms with Crippen molar-refractivity contribution in [2.75, 3.05) is 0 Å². The van der Waals surface area contributed by atoms with Crippen molar-refractivity contribution in [1.82, 2.24) is 10.6 Å². The van der Waals surface area contributed by atoms with Crippen molar-refractivity contribution >= 4 is 12.0 Å². The number of aliphatic carboxylic acids is 1. The van der Waals surface area contributed by atoms with Gasteiger partial charge in [0.2, 0.25) is 0 Å². The maximum Gasteiger partial charge on any atom is 0.326 e. The van der Waals surface area contributed by atoms with Crippen molar-refractivity contribution < 1.29 is 14.7 Å². The summed E-state index contributed by atoms with van der Waals surface area (Å²) in [6, 6.07) is -0.957. The highest BCUT2D eigenvalue weighted by Crippen LogP contribution is 2.22. The number of nitrogens with one attached hydrogen (secondary N) is 2. The topological polar surface area (TPSA) is 78.4 Å². The van der Waals surface area contributed by atoms with Gasteiger partial charge in [-0.15, -0.1) is 0 Å². The molecule has 0 aromatic rings. The molecule has 3 atom stereocenters. The van der Waals surface area contributed by atoms with Crippen molar-refractivity contribution in [3.05, 3.63) is 0 Å². The zero-order valence-electron chi connectivity index (χ0n) is 12.7. The predicted octanol–water partition coefficient (Wildman–Crippen LogP) is 2.90. The van der Waals surface area contributed by atoms with E-state index < -0.39 is 12.0 Å². The van der Waals surface area contributed by atoms with Gasteiger partial charge < -0.3 is 15.7 Å². The van der Waals surface area contributed by atoms with Gasteiger partial charge in [0.25, 0.3) is 0 Å². The summed E-state index contributed by atoms with van der Waals surface area (Å²) < 4.78 is 0. The van der Waals surface area contributed by atoms with Crippen LogP contribution in [0.3, 0.4) is 0 Å². The summed E-state index contributed by atoms with van der Waals surface area (Å²) in [7, 11) is 0. The van der Waals surface area contributed by atoms with Crippen LogP contribution < -0.4 is 10.6 Å². The zero-order valence-corrected chi connectivity index (χ0v) is 12.7. The molecule has 2 unspecified atom stereocenters. The Morgan fingerprint density at radius 3 is 2.60 bits per heavy atom. The molecule has 0 bridgehead atoms. The molecule has 5 heteroatoms. The first-order chi connectivity index (χ1) is 9.54. The van der Waals surface area contributed by atoms with Crippen LogP contribution >= 0.6 is 0 Å². The van der Waals surface area contributed by atoms with Crippen LogP contribution in [-0.4, -0.2) is 29.2 Å². The normalized spacial score (nSPS) is 24.5. The molecule has 0 heterocycles. The molecule has 20 heavy (non-hydrogen) atoms. The highest BCUT2D eigenvalue weighted by atomic mass is 16.4. The second-order valence-electron chi connectivity index (χ2n) is 5.87. The Balaban J connectivity index is 2.45. The van der Waals surface area contributed by atoms with Crippen molar-refractivity contribution in [3.63, 3.8) is 0 Å². The van der Waals surface area contributed by atoms with Crippen LogP contribution in [0.15, 0.2) is 0 Å². The third kappa shape index (κ3) is 5.80. The fourth-order valence-electron chi connectivity index (χ4n) is 2.74. The van der Waals surface area contributed by atoms with Gasteiger partial charge in [0.1, 0.15) is 6.04 Å². The van der Waals surface area contributed by atoms with Gasteiger partial charge in [-0.05, 0) is 25.2 Å². The summed E-state index contributed by atoms with van der Waals surface area (Å²) in [6.45, 7) is 4.16. The molecule has 0 radical (unpaired) electrons. The monoisotopic (exact) mass is 284 g/mol. The number of unbranched alkanes of at least 4 members (excludes halogenated alkanes) is 1. The van der Waals surface area contributed by atoms with Gasteiger partial charge in [0.05, 0.1) is 0 Å². The first-order valence-corrected chi connectivity index (χ1v) is 7.84. The second-order valence-corrected chi connectivity index (χ2v) is 5.87. The van der Waals surface area contributed by atoms with E-state index in [0.29, 0.717) is 12.3 Å². The van der Waals surface area contributed by atoms with Gasteiger partial charge in [0.15, 0.2) is 0 Å². The highest BCUT2D eigenvalue weighted by Gasteiger charge is 2.24. The molecule has 0 aromatic heterocycles. The number of carbonyl (C=O) groups excluding carboxylic acids is 1. The first-order valence-electron chi connectivity index (χ1n) is 7.84. The van der Waals surface area contributed by atoms with Crippen molar-refractivity contribution in [1.29, 1.82) is 0 Å². The number of amides is 2. The largest absolute Gasteiger partial charge is 0.480 e. The van der Waals surface area contributed by atoms with E-state index in [9.17, 15) is 9.59 Å². The van der Waals surface area contributed by atoms with Crippen molar-refractivity contribution in [2.45, 2.75) is 77.3 Å². The Hall–Kier alpha value is -1.26. The highest BCUT2D eigenvalue weighted by molar-refractivity contribution is 5.82. The van der Waals surface area contributed by atoms with Gasteiger partial charge >= 0.3 is 12.0 Å². The van der Waals surface area contributed by atoms with E-state index in [2.05, 4.69) is 17.6 Å². The molecular weight excluding hydrogens is 256 g/mol. The molecule has 2 amide bonds. The molecule has 1 fully saturated rings. The summed E-state index contributed by atoms with van der Waals surface area (Å²) in [4.78, 5) is 23.1. The molecule has 116 valence electrons. The van der Waals surface area contributed by atoms with E-state index in [0.717, 1.165) is 32.1 Å². The summed E-state index contributed by atoms with van der Waals surface area (Å²) in [5.74, 6) is -0.496. The fraction of sp³-hybridized carbons (Fsp3) is 0.867. The Morgan fingerprint density at radius 2 is 1.95 bits per heavy atom. The molecule has 3 N–H and O–H groups in total. The summed E-state index contributed by atoms with van der Waals surface area (Å²) in [5, 5.41) is 14.7. The molecule has 1 saturated carbocycles. The molecule has 1 rings (SSSR count). The lowest BCUT2D eigenvalue weighted by molar-refractivity contribution is -0.139. The average Bonchev–Trinajstić information content (AvgIpc) is 2.59. The SMILES string of the molecule is CCCC[C@H](NC(=O)NC1CCCCCC1C)C(=O)O. The minimum atomic E-state index is -0.956. The Morgan fingerprint density at radius 1 is 1.25 bits per heavy atom. The molecule has 5 nitrogen and oxygen atoms in total. The van der Waals surface area contributed by atoms with E-state index in [1.54, 1.807) is 0 Å². The lowest BCUT2D eigenvalue weighted by Crippen LogP contribution is -2.50. The second kappa shape index (κ2) is 8.82. The standard InChI is InChI=1S/C15H28N2O3/c1-3-4-9-13(14(18)19)17-15(20)16-12-10-7-5-6-8-11(12)2/h11-13H,3-10H2,1-2H3,(H,18,19)(H2,16,17,20)/t11?,12?,13-/m0/s1. The number of carboxylic acids is 1. The number of hydrogen-bond acceptors (Lipinski definition) is 2. The molecule has 1 aliphatic rings. The third-order valence-electron chi connectivity index (χ3n) is 4.13. The minimum absolute atomic E-state index is 0.165. The van der Waals surface area contributed by atoms with Gasteiger partial charge in [-0.3, -0.25) is 0 Å². The lowest BCUT2D eigenvalue weighted by Gasteiger charge is -2.24. The smallest absolute Gasteiger partial charge is 0.326 e. The van der Waals surface area contributed by atoms with Crippen LogP contribution in [0, 0.1) is 5.92 Å². The van der Waals surface area contributed by atoms with Crippen molar-refractivity contribution in [3.8, 4) is 0 Å². The average molecular weight is 284 g/mol. The Labute approximate surface area is 121 Å². The van der Waals surface area contributed by atoms with Crippen LogP contribution in [0.4, 0.5) is 4.79 Å². The Bertz CT molecular complexity index is 320.